The second-order valence-electron chi connectivity index (χ2n) is 3.78. The lowest BCUT2D eigenvalue weighted by Crippen LogP contribution is -2.33. The maximum Gasteiger partial charge on any atom is 0.308 e. The molecule has 1 amide bonds. The molecule has 0 spiro atoms. The van der Waals surface area contributed by atoms with Crippen LogP contribution in [0, 0.1) is 33.1 Å². The molecule has 0 bridgehead atoms. The molecule has 1 aromatic carbocycles. The van der Waals surface area contributed by atoms with E-state index in [0.29, 0.717) is 12.1 Å². The van der Waals surface area contributed by atoms with Gasteiger partial charge in [-0.2, -0.15) is 9.65 Å². The number of nitro benzene ring substituents is 1. The number of hydrogen-bond acceptors (Lipinski definition) is 4. The smallest absolute Gasteiger partial charge is 0.308 e. The van der Waals surface area contributed by atoms with Crippen LogP contribution in [-0.2, 0) is 0 Å². The van der Waals surface area contributed by atoms with Crippen molar-refractivity contribution in [1.29, 1.82) is 5.26 Å². The second kappa shape index (κ2) is 5.86. The second-order valence-corrected chi connectivity index (χ2v) is 3.78. The van der Waals surface area contributed by atoms with Gasteiger partial charge in [-0.15, -0.1) is 0 Å². The van der Waals surface area contributed by atoms with Gasteiger partial charge in [0, 0.05) is 6.04 Å². The highest BCUT2D eigenvalue weighted by atomic mass is 19.1. The topological polar surface area (TPSA) is 96.0 Å². The van der Waals surface area contributed by atoms with Gasteiger partial charge in [0.1, 0.15) is 5.82 Å². The fraction of sp³-hybridized carbons (Fsp3) is 0.273. The van der Waals surface area contributed by atoms with Crippen LogP contribution in [0.25, 0.3) is 0 Å². The normalized spacial score (nSPS) is 11.5. The Bertz CT molecular complexity index is 569. The average molecular weight is 269 g/mol. The molecule has 19 heavy (non-hydrogen) atoms. The number of nitrogens with zero attached hydrogens (tertiary/aromatic N) is 2. The molecule has 1 unspecified atom stereocenters. The summed E-state index contributed by atoms with van der Waals surface area (Å²) in [5.41, 5.74) is -1.88. The Hall–Kier alpha value is -2.56. The molecule has 1 rings (SSSR count). The Kier molecular flexibility index (Phi) is 4.47. The van der Waals surface area contributed by atoms with E-state index < -0.39 is 39.8 Å². The summed E-state index contributed by atoms with van der Waals surface area (Å²) in [6.07, 6.45) is -0.0230. The minimum atomic E-state index is -1.41. The molecule has 100 valence electrons. The largest absolute Gasteiger partial charge is 0.348 e. The first kappa shape index (κ1) is 14.5. The van der Waals surface area contributed by atoms with Gasteiger partial charge in [-0.3, -0.25) is 14.9 Å². The van der Waals surface area contributed by atoms with E-state index in [9.17, 15) is 23.7 Å². The van der Waals surface area contributed by atoms with Crippen molar-refractivity contribution in [3.05, 3.63) is 39.4 Å². The minimum Gasteiger partial charge on any atom is -0.348 e. The summed E-state index contributed by atoms with van der Waals surface area (Å²) < 4.78 is 26.8. The van der Waals surface area contributed by atoms with Crippen molar-refractivity contribution in [3.63, 3.8) is 0 Å². The zero-order chi connectivity index (χ0) is 14.6. The first-order valence-corrected chi connectivity index (χ1v) is 5.18. The summed E-state index contributed by atoms with van der Waals surface area (Å²) >= 11 is 0. The molecule has 1 atom stereocenters. The van der Waals surface area contributed by atoms with Gasteiger partial charge in [0.25, 0.3) is 5.91 Å². The molecule has 0 radical (unpaired) electrons. The molecule has 0 aliphatic heterocycles. The van der Waals surface area contributed by atoms with Gasteiger partial charge in [0.05, 0.1) is 29.0 Å². The van der Waals surface area contributed by atoms with E-state index in [1.54, 1.807) is 6.07 Å². The molecule has 0 heterocycles. The van der Waals surface area contributed by atoms with Gasteiger partial charge in [0.15, 0.2) is 0 Å². The minimum absolute atomic E-state index is 0.0230. The van der Waals surface area contributed by atoms with Gasteiger partial charge in [-0.1, -0.05) is 0 Å². The molecule has 0 aromatic heterocycles. The first-order chi connectivity index (χ1) is 8.86. The molecule has 8 heteroatoms. The number of nitrogens with one attached hydrogen (secondary N) is 1. The van der Waals surface area contributed by atoms with E-state index >= 15 is 0 Å². The summed E-state index contributed by atoms with van der Waals surface area (Å²) in [6.45, 7) is 1.49. The summed E-state index contributed by atoms with van der Waals surface area (Å²) in [5, 5.41) is 21.1. The molecule has 6 nitrogen and oxygen atoms in total. The molecule has 0 fully saturated rings. The van der Waals surface area contributed by atoms with Crippen molar-refractivity contribution in [2.45, 2.75) is 19.4 Å². The zero-order valence-electron chi connectivity index (χ0n) is 9.81. The van der Waals surface area contributed by atoms with Crippen LogP contribution in [0.5, 0.6) is 0 Å². The van der Waals surface area contributed by atoms with Gasteiger partial charge in [0.2, 0.25) is 5.82 Å². The predicted molar refractivity (Wildman–Crippen MR) is 60.2 cm³/mol. The van der Waals surface area contributed by atoms with Crippen molar-refractivity contribution >= 4 is 11.6 Å². The van der Waals surface area contributed by atoms with Crippen LogP contribution >= 0.6 is 0 Å². The summed E-state index contributed by atoms with van der Waals surface area (Å²) in [6, 6.07) is 2.16. The zero-order valence-corrected chi connectivity index (χ0v) is 9.81. The van der Waals surface area contributed by atoms with Crippen molar-refractivity contribution in [1.82, 2.24) is 5.32 Å². The number of nitro groups is 1. The van der Waals surface area contributed by atoms with Gasteiger partial charge in [-0.25, -0.2) is 4.39 Å². The molecule has 0 aliphatic carbocycles. The third-order valence-corrected chi connectivity index (χ3v) is 2.23. The van der Waals surface area contributed by atoms with Crippen molar-refractivity contribution < 1.29 is 18.5 Å². The van der Waals surface area contributed by atoms with Crippen LogP contribution < -0.4 is 5.32 Å². The van der Waals surface area contributed by atoms with Crippen LogP contribution in [0.3, 0.4) is 0 Å². The van der Waals surface area contributed by atoms with Crippen molar-refractivity contribution in [2.75, 3.05) is 0 Å². The van der Waals surface area contributed by atoms with E-state index in [2.05, 4.69) is 5.32 Å². The fourth-order valence-corrected chi connectivity index (χ4v) is 1.36. The number of rotatable bonds is 4. The number of hydrogen-bond donors (Lipinski definition) is 1. The average Bonchev–Trinajstić information content (AvgIpc) is 2.31. The monoisotopic (exact) mass is 269 g/mol. The lowest BCUT2D eigenvalue weighted by atomic mass is 10.1. The summed E-state index contributed by atoms with van der Waals surface area (Å²) in [5.74, 6) is -3.51. The van der Waals surface area contributed by atoms with Crippen molar-refractivity contribution in [3.8, 4) is 6.07 Å². The lowest BCUT2D eigenvalue weighted by molar-refractivity contribution is -0.387. The number of carbonyl (C=O) groups excluding carboxylic acids is 1. The number of nitriles is 1. The van der Waals surface area contributed by atoms with E-state index in [-0.39, 0.29) is 6.42 Å². The molecule has 0 aliphatic rings. The number of benzene rings is 1. The Morgan fingerprint density at radius 3 is 2.74 bits per heavy atom. The molecule has 0 saturated heterocycles. The van der Waals surface area contributed by atoms with Crippen LogP contribution in [0.1, 0.15) is 23.7 Å². The third kappa shape index (κ3) is 3.45. The first-order valence-electron chi connectivity index (χ1n) is 5.18. The summed E-state index contributed by atoms with van der Waals surface area (Å²) in [4.78, 5) is 21.0. The van der Waals surface area contributed by atoms with Gasteiger partial charge < -0.3 is 5.32 Å². The quantitative estimate of drug-likeness (QED) is 0.667. The van der Waals surface area contributed by atoms with Crippen molar-refractivity contribution in [2.24, 2.45) is 0 Å². The number of halogens is 2. The Balaban J connectivity index is 3.10. The van der Waals surface area contributed by atoms with E-state index in [4.69, 9.17) is 5.26 Å². The predicted octanol–water partition coefficient (Wildman–Crippen LogP) is 1.90. The highest BCUT2D eigenvalue weighted by Gasteiger charge is 2.24. The van der Waals surface area contributed by atoms with E-state index in [0.717, 1.165) is 0 Å². The fourth-order valence-electron chi connectivity index (χ4n) is 1.36. The highest BCUT2D eigenvalue weighted by Crippen LogP contribution is 2.22. The Labute approximate surface area is 106 Å². The van der Waals surface area contributed by atoms with Gasteiger partial charge in [-0.05, 0) is 13.0 Å². The maximum absolute atomic E-state index is 13.7. The van der Waals surface area contributed by atoms with Crippen LogP contribution in [0.4, 0.5) is 14.5 Å². The number of carbonyl (C=O) groups is 1. The third-order valence-electron chi connectivity index (χ3n) is 2.23. The van der Waals surface area contributed by atoms with Gasteiger partial charge >= 0.3 is 5.69 Å². The number of amides is 1. The molecule has 0 saturated carbocycles. The maximum atomic E-state index is 13.7. The molecule has 1 aromatic rings. The summed E-state index contributed by atoms with van der Waals surface area (Å²) in [7, 11) is 0. The van der Waals surface area contributed by atoms with Crippen LogP contribution in [0.2, 0.25) is 0 Å². The Morgan fingerprint density at radius 1 is 1.58 bits per heavy atom. The molecule has 1 N–H and O–H groups in total. The van der Waals surface area contributed by atoms with Crippen LogP contribution in [0.15, 0.2) is 12.1 Å². The standard InChI is InChI=1S/C11H9F2N3O3/c1-6(2-3-14)15-11(17)8-4-7(12)5-9(10(8)13)16(18)19/h4-6H,2H2,1H3,(H,15,17). The van der Waals surface area contributed by atoms with Crippen LogP contribution in [-0.4, -0.2) is 16.9 Å². The van der Waals surface area contributed by atoms with E-state index in [1.807, 2.05) is 0 Å². The lowest BCUT2D eigenvalue weighted by Gasteiger charge is -2.10. The highest BCUT2D eigenvalue weighted by molar-refractivity contribution is 5.95. The SMILES string of the molecule is CC(CC#N)NC(=O)c1cc(F)cc([N+](=O)[O-])c1F. The van der Waals surface area contributed by atoms with E-state index in [1.165, 1.54) is 6.92 Å². The molecular formula is C11H9F2N3O3. The Morgan fingerprint density at radius 2 is 2.21 bits per heavy atom. The molecular weight excluding hydrogens is 260 g/mol.